The molecule has 0 amide bonds. The van der Waals surface area contributed by atoms with E-state index >= 15 is 0 Å². The van der Waals surface area contributed by atoms with Crippen LogP contribution in [0.5, 0.6) is 11.5 Å². The number of carbonyl (C=O) groups is 2. The zero-order chi connectivity index (χ0) is 17.2. The second kappa shape index (κ2) is 6.45. The zero-order valence-corrected chi connectivity index (χ0v) is 13.1. The molecular formula is C16H21NO6. The lowest BCUT2D eigenvalue weighted by Crippen LogP contribution is -2.51. The van der Waals surface area contributed by atoms with Crippen LogP contribution in [0.3, 0.4) is 0 Å². The molecule has 1 aliphatic carbocycles. The van der Waals surface area contributed by atoms with Crippen LogP contribution in [0.15, 0.2) is 18.2 Å². The van der Waals surface area contributed by atoms with E-state index in [0.717, 1.165) is 5.56 Å². The van der Waals surface area contributed by atoms with Crippen molar-refractivity contribution >= 4 is 11.9 Å². The van der Waals surface area contributed by atoms with Crippen LogP contribution >= 0.6 is 0 Å². The second-order valence-electron chi connectivity index (χ2n) is 5.85. The molecule has 2 rings (SSSR count). The molecule has 0 aromatic heterocycles. The first kappa shape index (κ1) is 17.1. The highest BCUT2D eigenvalue weighted by molar-refractivity contribution is 5.83. The van der Waals surface area contributed by atoms with Crippen LogP contribution in [0, 0.1) is 11.8 Å². The smallest absolute Gasteiger partial charge is 0.324 e. The lowest BCUT2D eigenvalue weighted by molar-refractivity contribution is -0.145. The molecule has 1 aliphatic rings. The van der Waals surface area contributed by atoms with Crippen molar-refractivity contribution in [2.45, 2.75) is 24.8 Å². The van der Waals surface area contributed by atoms with Crippen molar-refractivity contribution in [2.75, 3.05) is 14.2 Å². The van der Waals surface area contributed by atoms with Crippen LogP contribution in [0.25, 0.3) is 0 Å². The quantitative estimate of drug-likeness (QED) is 0.656. The lowest BCUT2D eigenvalue weighted by atomic mass is 9.86. The Bertz CT molecular complexity index is 594. The molecule has 0 saturated heterocycles. The number of carboxylic acids is 2. The molecule has 3 atom stereocenters. The predicted octanol–water partition coefficient (Wildman–Crippen LogP) is 1.14. The number of nitrogens with two attached hydrogens (primary N) is 1. The van der Waals surface area contributed by atoms with Gasteiger partial charge in [0.15, 0.2) is 0 Å². The molecule has 1 aromatic carbocycles. The van der Waals surface area contributed by atoms with Crippen molar-refractivity contribution in [3.8, 4) is 11.5 Å². The minimum absolute atomic E-state index is 0.146. The van der Waals surface area contributed by atoms with Crippen LogP contribution < -0.4 is 15.2 Å². The van der Waals surface area contributed by atoms with Crippen molar-refractivity contribution in [1.82, 2.24) is 0 Å². The minimum atomic E-state index is -1.54. The molecule has 0 bridgehead atoms. The van der Waals surface area contributed by atoms with Gasteiger partial charge < -0.3 is 25.4 Å². The van der Waals surface area contributed by atoms with Gasteiger partial charge in [0, 0.05) is 12.0 Å². The Morgan fingerprint density at radius 3 is 2.17 bits per heavy atom. The third-order valence-electron chi connectivity index (χ3n) is 4.41. The zero-order valence-electron chi connectivity index (χ0n) is 13.1. The van der Waals surface area contributed by atoms with Crippen LogP contribution in [-0.4, -0.2) is 41.9 Å². The molecule has 7 nitrogen and oxygen atoms in total. The topological polar surface area (TPSA) is 119 Å². The summed E-state index contributed by atoms with van der Waals surface area (Å²) in [5.74, 6) is -2.16. The number of hydrogen-bond donors (Lipinski definition) is 3. The first-order valence-corrected chi connectivity index (χ1v) is 7.29. The Morgan fingerprint density at radius 2 is 1.78 bits per heavy atom. The fraction of sp³-hybridized carbons (Fsp3) is 0.500. The number of rotatable bonds is 8. The number of aryl methyl sites for hydroxylation is 1. The molecule has 4 N–H and O–H groups in total. The van der Waals surface area contributed by atoms with E-state index in [2.05, 4.69) is 0 Å². The maximum atomic E-state index is 11.6. The van der Waals surface area contributed by atoms with Crippen LogP contribution in [0.1, 0.15) is 18.4 Å². The average Bonchev–Trinajstić information content (AvgIpc) is 3.33. The fourth-order valence-corrected chi connectivity index (χ4v) is 2.85. The standard InChI is InChI=1S/C16H21NO6/c1-22-10-5-9(6-11(7-10)23-2)3-4-16(17,15(20)21)13-8-12(13)14(18)19/h5-7,12-13H,3-4,8,17H2,1-2H3,(H,18,19)(H,20,21)/t12-,13-,16?/m0/s1. The SMILES string of the molecule is COc1cc(CCC(N)(C(=O)O)[C@H]2C[C@@H]2C(=O)O)cc(OC)c1. The molecule has 126 valence electrons. The molecular weight excluding hydrogens is 302 g/mol. The summed E-state index contributed by atoms with van der Waals surface area (Å²) in [5.41, 5.74) is 5.32. The van der Waals surface area contributed by atoms with Crippen molar-refractivity contribution < 1.29 is 29.3 Å². The number of ether oxygens (including phenoxy) is 2. The van der Waals surface area contributed by atoms with Gasteiger partial charge in [-0.3, -0.25) is 9.59 Å². The van der Waals surface area contributed by atoms with Gasteiger partial charge in [-0.15, -0.1) is 0 Å². The Hall–Kier alpha value is -2.28. The van der Waals surface area contributed by atoms with E-state index < -0.39 is 29.3 Å². The third kappa shape index (κ3) is 3.56. The van der Waals surface area contributed by atoms with Gasteiger partial charge in [0.2, 0.25) is 0 Å². The van der Waals surface area contributed by atoms with Gasteiger partial charge in [0.1, 0.15) is 17.0 Å². The highest BCUT2D eigenvalue weighted by atomic mass is 16.5. The van der Waals surface area contributed by atoms with Crippen molar-refractivity contribution in [2.24, 2.45) is 17.6 Å². The third-order valence-corrected chi connectivity index (χ3v) is 4.41. The molecule has 0 radical (unpaired) electrons. The van der Waals surface area contributed by atoms with Gasteiger partial charge in [0.05, 0.1) is 20.1 Å². The van der Waals surface area contributed by atoms with Crippen LogP contribution in [0.2, 0.25) is 0 Å². The highest BCUT2D eigenvalue weighted by Gasteiger charge is 2.57. The Balaban J connectivity index is 2.14. The van der Waals surface area contributed by atoms with E-state index in [-0.39, 0.29) is 6.42 Å². The highest BCUT2D eigenvalue weighted by Crippen LogP contribution is 2.47. The summed E-state index contributed by atoms with van der Waals surface area (Å²) in [6, 6.07) is 5.29. The normalized spacial score (nSPS) is 22.0. The first-order valence-electron chi connectivity index (χ1n) is 7.29. The maximum Gasteiger partial charge on any atom is 0.324 e. The van der Waals surface area contributed by atoms with E-state index in [1.54, 1.807) is 18.2 Å². The molecule has 0 heterocycles. The summed E-state index contributed by atoms with van der Waals surface area (Å²) in [4.78, 5) is 22.6. The van der Waals surface area contributed by atoms with Gasteiger partial charge in [-0.1, -0.05) is 0 Å². The first-order chi connectivity index (χ1) is 10.8. The van der Waals surface area contributed by atoms with E-state index in [4.69, 9.17) is 20.3 Å². The van der Waals surface area contributed by atoms with Crippen molar-refractivity contribution in [1.29, 1.82) is 0 Å². The summed E-state index contributed by atoms with van der Waals surface area (Å²) in [7, 11) is 3.06. The van der Waals surface area contributed by atoms with Crippen LogP contribution in [0.4, 0.5) is 0 Å². The molecule has 23 heavy (non-hydrogen) atoms. The molecule has 1 unspecified atom stereocenters. The van der Waals surface area contributed by atoms with Crippen molar-refractivity contribution in [3.05, 3.63) is 23.8 Å². The van der Waals surface area contributed by atoms with E-state index in [1.165, 1.54) is 14.2 Å². The summed E-state index contributed by atoms with van der Waals surface area (Å²) in [6.07, 6.45) is 0.839. The van der Waals surface area contributed by atoms with Gasteiger partial charge in [-0.2, -0.15) is 0 Å². The van der Waals surface area contributed by atoms with Crippen molar-refractivity contribution in [3.63, 3.8) is 0 Å². The number of methoxy groups -OCH3 is 2. The number of carboxylic acid groups (broad SMARTS) is 2. The predicted molar refractivity (Wildman–Crippen MR) is 81.7 cm³/mol. The molecule has 0 aliphatic heterocycles. The fourth-order valence-electron chi connectivity index (χ4n) is 2.85. The number of hydrogen-bond acceptors (Lipinski definition) is 5. The summed E-state index contributed by atoms with van der Waals surface area (Å²) < 4.78 is 10.4. The van der Waals surface area contributed by atoms with E-state index in [0.29, 0.717) is 24.3 Å². The monoisotopic (exact) mass is 323 g/mol. The van der Waals surface area contributed by atoms with Crippen LogP contribution in [-0.2, 0) is 16.0 Å². The Labute approximate surface area is 134 Å². The van der Waals surface area contributed by atoms with E-state index in [1.807, 2.05) is 0 Å². The van der Waals surface area contributed by atoms with Gasteiger partial charge >= 0.3 is 11.9 Å². The largest absolute Gasteiger partial charge is 0.497 e. The Kier molecular flexibility index (Phi) is 4.79. The van der Waals surface area contributed by atoms with Gasteiger partial charge in [0.25, 0.3) is 0 Å². The second-order valence-corrected chi connectivity index (χ2v) is 5.85. The summed E-state index contributed by atoms with van der Waals surface area (Å²) >= 11 is 0. The Morgan fingerprint density at radius 1 is 1.22 bits per heavy atom. The maximum absolute atomic E-state index is 11.6. The minimum Gasteiger partial charge on any atom is -0.497 e. The molecule has 0 spiro atoms. The van der Waals surface area contributed by atoms with Gasteiger partial charge in [-0.25, -0.2) is 0 Å². The lowest BCUT2D eigenvalue weighted by Gasteiger charge is -2.25. The molecule has 1 aromatic rings. The number of aliphatic carboxylic acids is 2. The molecule has 1 saturated carbocycles. The average molecular weight is 323 g/mol. The molecule has 1 fully saturated rings. The van der Waals surface area contributed by atoms with E-state index in [9.17, 15) is 14.7 Å². The number of benzene rings is 1. The summed E-state index contributed by atoms with van der Waals surface area (Å²) in [6.45, 7) is 0. The summed E-state index contributed by atoms with van der Waals surface area (Å²) in [5, 5.41) is 18.5. The van der Waals surface area contributed by atoms with Gasteiger partial charge in [-0.05, 0) is 37.0 Å². The molecule has 7 heteroatoms.